The molecule has 2 nitrogen and oxygen atoms in total. The molecule has 0 spiro atoms. The highest BCUT2D eigenvalue weighted by Crippen LogP contribution is 2.14. The van der Waals surface area contributed by atoms with Gasteiger partial charge in [-0.3, -0.25) is 0 Å². The Balaban J connectivity index is 1.83. The van der Waals surface area contributed by atoms with E-state index in [9.17, 15) is 0 Å². The number of ether oxygens (including phenoxy) is 1. The first-order chi connectivity index (χ1) is 7.84. The topological polar surface area (TPSA) is 21.3 Å². The van der Waals surface area contributed by atoms with Crippen LogP contribution in [0.2, 0.25) is 0 Å². The van der Waals surface area contributed by atoms with Gasteiger partial charge in [0.2, 0.25) is 0 Å². The van der Waals surface area contributed by atoms with Gasteiger partial charge in [-0.2, -0.15) is 0 Å². The molecule has 2 rings (SSSR count). The van der Waals surface area contributed by atoms with Gasteiger partial charge < -0.3 is 10.1 Å². The van der Waals surface area contributed by atoms with Gasteiger partial charge in [0.1, 0.15) is 0 Å². The molecule has 1 aliphatic heterocycles. The number of hydrogen-bond acceptors (Lipinski definition) is 2. The molecule has 2 heteroatoms. The van der Waals surface area contributed by atoms with E-state index < -0.39 is 0 Å². The highest BCUT2D eigenvalue weighted by Gasteiger charge is 2.14. The molecule has 1 unspecified atom stereocenters. The van der Waals surface area contributed by atoms with Crippen molar-refractivity contribution in [1.82, 2.24) is 5.32 Å². The largest absolute Gasteiger partial charge is 0.372 e. The number of benzene rings is 1. The molecule has 86 valence electrons. The number of hydrogen-bond donors (Lipinski definition) is 1. The number of rotatable bonds is 3. The molecular formula is C14H19NO. The summed E-state index contributed by atoms with van der Waals surface area (Å²) in [7, 11) is 0. The molecule has 1 fully saturated rings. The summed E-state index contributed by atoms with van der Waals surface area (Å²) in [6, 6.07) is 10.3. The van der Waals surface area contributed by atoms with Crippen LogP contribution in [0.25, 0.3) is 0 Å². The molecule has 0 bridgehead atoms. The number of nitrogens with one attached hydrogen (secondary N) is 1. The summed E-state index contributed by atoms with van der Waals surface area (Å²) in [4.78, 5) is 0. The van der Waals surface area contributed by atoms with Gasteiger partial charge in [0.25, 0.3) is 0 Å². The molecule has 1 N–H and O–H groups in total. The van der Waals surface area contributed by atoms with Crippen LogP contribution in [0.3, 0.4) is 0 Å². The Morgan fingerprint density at radius 1 is 1.31 bits per heavy atom. The average molecular weight is 217 g/mol. The van der Waals surface area contributed by atoms with Gasteiger partial charge in [0.15, 0.2) is 0 Å². The van der Waals surface area contributed by atoms with Crippen molar-refractivity contribution in [3.8, 4) is 0 Å². The van der Waals surface area contributed by atoms with Crippen LogP contribution < -0.4 is 5.32 Å². The van der Waals surface area contributed by atoms with Crippen molar-refractivity contribution in [2.24, 2.45) is 0 Å². The fourth-order valence-corrected chi connectivity index (χ4v) is 1.93. The SMILES string of the molecule is C=C1CCNCC(OCc2ccccc2)C1. The van der Waals surface area contributed by atoms with Gasteiger partial charge in [-0.1, -0.05) is 42.5 Å². The summed E-state index contributed by atoms with van der Waals surface area (Å²) in [5.74, 6) is 0. The minimum Gasteiger partial charge on any atom is -0.372 e. The highest BCUT2D eigenvalue weighted by atomic mass is 16.5. The third-order valence-corrected chi connectivity index (χ3v) is 2.87. The Morgan fingerprint density at radius 2 is 2.12 bits per heavy atom. The van der Waals surface area contributed by atoms with E-state index in [1.807, 2.05) is 18.2 Å². The summed E-state index contributed by atoms with van der Waals surface area (Å²) >= 11 is 0. The molecule has 0 saturated carbocycles. The molecule has 0 aliphatic carbocycles. The molecule has 1 saturated heterocycles. The van der Waals surface area contributed by atoms with E-state index in [1.165, 1.54) is 11.1 Å². The molecule has 0 amide bonds. The van der Waals surface area contributed by atoms with Crippen molar-refractivity contribution in [2.45, 2.75) is 25.6 Å². The van der Waals surface area contributed by atoms with Crippen LogP contribution in [0.1, 0.15) is 18.4 Å². The molecule has 1 aromatic rings. The van der Waals surface area contributed by atoms with E-state index in [0.717, 1.165) is 25.9 Å². The third-order valence-electron chi connectivity index (χ3n) is 2.87. The fraction of sp³-hybridized carbons (Fsp3) is 0.429. The van der Waals surface area contributed by atoms with Crippen molar-refractivity contribution in [1.29, 1.82) is 0 Å². The summed E-state index contributed by atoms with van der Waals surface area (Å²) in [5, 5.41) is 3.38. The Bertz CT molecular complexity index is 334. The maximum absolute atomic E-state index is 5.90. The van der Waals surface area contributed by atoms with E-state index in [1.54, 1.807) is 0 Å². The maximum Gasteiger partial charge on any atom is 0.0740 e. The van der Waals surface area contributed by atoms with Crippen molar-refractivity contribution < 1.29 is 4.74 Å². The molecule has 16 heavy (non-hydrogen) atoms. The first-order valence-electron chi connectivity index (χ1n) is 5.87. The van der Waals surface area contributed by atoms with Crippen molar-refractivity contribution >= 4 is 0 Å². The molecule has 1 aliphatic rings. The zero-order chi connectivity index (χ0) is 11.2. The highest BCUT2D eigenvalue weighted by molar-refractivity contribution is 5.13. The van der Waals surface area contributed by atoms with Gasteiger partial charge in [0.05, 0.1) is 12.7 Å². The lowest BCUT2D eigenvalue weighted by molar-refractivity contribution is 0.0439. The molecule has 0 aromatic heterocycles. The average Bonchev–Trinajstić information content (AvgIpc) is 2.52. The van der Waals surface area contributed by atoms with E-state index in [0.29, 0.717) is 6.61 Å². The standard InChI is InChI=1S/C14H19NO/c1-12-7-8-15-10-14(9-12)16-11-13-5-3-2-4-6-13/h2-6,14-15H,1,7-11H2. The summed E-state index contributed by atoms with van der Waals surface area (Å²) in [5.41, 5.74) is 2.53. The summed E-state index contributed by atoms with van der Waals surface area (Å²) < 4.78 is 5.90. The van der Waals surface area contributed by atoms with Gasteiger partial charge in [-0.15, -0.1) is 0 Å². The quantitative estimate of drug-likeness (QED) is 0.785. The monoisotopic (exact) mass is 217 g/mol. The third kappa shape index (κ3) is 3.47. The van der Waals surface area contributed by atoms with E-state index in [4.69, 9.17) is 4.74 Å². The Morgan fingerprint density at radius 3 is 2.94 bits per heavy atom. The lowest BCUT2D eigenvalue weighted by atomic mass is 10.1. The first-order valence-corrected chi connectivity index (χ1v) is 5.87. The van der Waals surface area contributed by atoms with Crippen LogP contribution in [0, 0.1) is 0 Å². The van der Waals surface area contributed by atoms with Crippen LogP contribution in [-0.2, 0) is 11.3 Å². The van der Waals surface area contributed by atoms with Crippen LogP contribution in [0.15, 0.2) is 42.5 Å². The molecular weight excluding hydrogens is 198 g/mol. The Labute approximate surface area is 97.3 Å². The smallest absolute Gasteiger partial charge is 0.0740 e. The van der Waals surface area contributed by atoms with Gasteiger partial charge in [-0.25, -0.2) is 0 Å². The van der Waals surface area contributed by atoms with Crippen molar-refractivity contribution in [3.63, 3.8) is 0 Å². The minimum absolute atomic E-state index is 0.273. The Hall–Kier alpha value is -1.12. The molecule has 1 aromatic carbocycles. The van der Waals surface area contributed by atoms with Gasteiger partial charge in [-0.05, 0) is 24.9 Å². The molecule has 0 radical (unpaired) electrons. The minimum atomic E-state index is 0.273. The van der Waals surface area contributed by atoms with E-state index >= 15 is 0 Å². The second-order valence-electron chi connectivity index (χ2n) is 4.33. The fourth-order valence-electron chi connectivity index (χ4n) is 1.93. The zero-order valence-electron chi connectivity index (χ0n) is 9.61. The van der Waals surface area contributed by atoms with Crippen LogP contribution in [-0.4, -0.2) is 19.2 Å². The van der Waals surface area contributed by atoms with Crippen LogP contribution >= 0.6 is 0 Å². The van der Waals surface area contributed by atoms with Gasteiger partial charge in [0, 0.05) is 6.54 Å². The summed E-state index contributed by atoms with van der Waals surface area (Å²) in [6.07, 6.45) is 2.33. The van der Waals surface area contributed by atoms with E-state index in [2.05, 4.69) is 24.0 Å². The van der Waals surface area contributed by atoms with Gasteiger partial charge >= 0.3 is 0 Å². The Kier molecular flexibility index (Phi) is 4.14. The van der Waals surface area contributed by atoms with Crippen LogP contribution in [0.4, 0.5) is 0 Å². The van der Waals surface area contributed by atoms with Crippen molar-refractivity contribution in [2.75, 3.05) is 13.1 Å². The van der Waals surface area contributed by atoms with Crippen molar-refractivity contribution in [3.05, 3.63) is 48.0 Å². The molecule has 1 heterocycles. The van der Waals surface area contributed by atoms with E-state index in [-0.39, 0.29) is 6.10 Å². The second kappa shape index (κ2) is 5.83. The lowest BCUT2D eigenvalue weighted by Crippen LogP contribution is -2.26. The predicted molar refractivity (Wildman–Crippen MR) is 66.3 cm³/mol. The first kappa shape index (κ1) is 11.4. The predicted octanol–water partition coefficient (Wildman–Crippen LogP) is 2.51. The second-order valence-corrected chi connectivity index (χ2v) is 4.33. The molecule has 1 atom stereocenters. The zero-order valence-corrected chi connectivity index (χ0v) is 9.61. The summed E-state index contributed by atoms with van der Waals surface area (Å²) in [6.45, 7) is 6.72. The normalized spacial score (nSPS) is 21.8. The lowest BCUT2D eigenvalue weighted by Gasteiger charge is -2.16. The maximum atomic E-state index is 5.90. The van der Waals surface area contributed by atoms with Crippen LogP contribution in [0.5, 0.6) is 0 Å².